The fourth-order valence-corrected chi connectivity index (χ4v) is 1.25. The van der Waals surface area contributed by atoms with Crippen molar-refractivity contribution in [3.8, 4) is 0 Å². The van der Waals surface area contributed by atoms with Gasteiger partial charge in [0.05, 0.1) is 5.92 Å². The van der Waals surface area contributed by atoms with Crippen LogP contribution < -0.4 is 0 Å². The second-order valence-corrected chi connectivity index (χ2v) is 3.25. The third kappa shape index (κ3) is 1.94. The van der Waals surface area contributed by atoms with Crippen molar-refractivity contribution in [3.63, 3.8) is 0 Å². The van der Waals surface area contributed by atoms with Crippen LogP contribution in [0.1, 0.15) is 25.3 Å². The van der Waals surface area contributed by atoms with E-state index in [9.17, 15) is 4.79 Å². The molecule has 0 aliphatic carbocycles. The lowest BCUT2D eigenvalue weighted by molar-refractivity contribution is 0.509. The van der Waals surface area contributed by atoms with Crippen molar-refractivity contribution >= 4 is 6.29 Å². The summed E-state index contributed by atoms with van der Waals surface area (Å²) in [6, 6.07) is 9.78. The van der Waals surface area contributed by atoms with Crippen molar-refractivity contribution < 1.29 is 4.79 Å². The maximum absolute atomic E-state index is 10.6. The van der Waals surface area contributed by atoms with Gasteiger partial charge in [-0.3, -0.25) is 4.79 Å². The van der Waals surface area contributed by atoms with Crippen LogP contribution in [-0.4, -0.2) is 6.29 Å². The smallest absolute Gasteiger partial charge is 0.206 e. The second-order valence-electron chi connectivity index (χ2n) is 3.25. The quantitative estimate of drug-likeness (QED) is 0.665. The first-order valence-electron chi connectivity index (χ1n) is 4.18. The van der Waals surface area contributed by atoms with E-state index in [0.717, 1.165) is 5.56 Å². The van der Waals surface area contributed by atoms with E-state index in [-0.39, 0.29) is 5.92 Å². The van der Waals surface area contributed by atoms with E-state index in [4.69, 9.17) is 0 Å². The van der Waals surface area contributed by atoms with Gasteiger partial charge in [0.15, 0.2) is 0 Å². The van der Waals surface area contributed by atoms with E-state index in [0.29, 0.717) is 5.92 Å². The fraction of sp³-hybridized carbons (Fsp3) is 0.364. The number of hydrogen-bond donors (Lipinski definition) is 0. The molecule has 0 amide bonds. The van der Waals surface area contributed by atoms with Gasteiger partial charge in [-0.15, -0.1) is 0 Å². The van der Waals surface area contributed by atoms with Gasteiger partial charge in [-0.1, -0.05) is 44.2 Å². The Labute approximate surface area is 73.4 Å². The van der Waals surface area contributed by atoms with Gasteiger partial charge in [0, 0.05) is 0 Å². The highest BCUT2D eigenvalue weighted by molar-refractivity contribution is 5.63. The molecule has 0 saturated carbocycles. The maximum atomic E-state index is 10.6. The van der Waals surface area contributed by atoms with E-state index in [2.05, 4.69) is 6.29 Å². The van der Waals surface area contributed by atoms with Crippen LogP contribution in [-0.2, 0) is 4.79 Å². The average molecular weight is 161 g/mol. The van der Waals surface area contributed by atoms with Gasteiger partial charge in [0.2, 0.25) is 6.29 Å². The minimum absolute atomic E-state index is 0.0776. The van der Waals surface area contributed by atoms with E-state index in [1.165, 1.54) is 0 Å². The van der Waals surface area contributed by atoms with E-state index >= 15 is 0 Å². The lowest BCUT2D eigenvalue weighted by Gasteiger charge is -2.12. The number of carbonyl (C=O) groups excluding carboxylic acids is 1. The van der Waals surface area contributed by atoms with Gasteiger partial charge in [-0.05, 0) is 11.5 Å². The van der Waals surface area contributed by atoms with Gasteiger partial charge in [-0.25, -0.2) is 0 Å². The Bertz CT molecular complexity index is 238. The van der Waals surface area contributed by atoms with Crippen LogP contribution in [0.25, 0.3) is 0 Å². The van der Waals surface area contributed by atoms with Gasteiger partial charge >= 0.3 is 0 Å². The molecule has 0 bridgehead atoms. The average Bonchev–Trinajstić information content (AvgIpc) is 2.07. The lowest BCUT2D eigenvalue weighted by Crippen LogP contribution is -2.07. The van der Waals surface area contributed by atoms with Crippen molar-refractivity contribution in [2.45, 2.75) is 19.8 Å². The third-order valence-electron chi connectivity index (χ3n) is 1.95. The zero-order valence-corrected chi connectivity index (χ0v) is 7.45. The zero-order valence-electron chi connectivity index (χ0n) is 7.45. The molecule has 1 atom stereocenters. The van der Waals surface area contributed by atoms with Crippen LogP contribution in [0.3, 0.4) is 0 Å². The Hall–Kier alpha value is -1.11. The van der Waals surface area contributed by atoms with Gasteiger partial charge in [-0.2, -0.15) is 0 Å². The van der Waals surface area contributed by atoms with Gasteiger partial charge in [0.1, 0.15) is 0 Å². The summed E-state index contributed by atoms with van der Waals surface area (Å²) in [5.41, 5.74) is 1.06. The van der Waals surface area contributed by atoms with Crippen molar-refractivity contribution in [2.24, 2.45) is 5.92 Å². The van der Waals surface area contributed by atoms with Crippen LogP contribution in [0.15, 0.2) is 30.3 Å². The largest absolute Gasteiger partial charge is 0.290 e. The van der Waals surface area contributed by atoms with Crippen molar-refractivity contribution in [1.29, 1.82) is 0 Å². The molecule has 1 nitrogen and oxygen atoms in total. The van der Waals surface area contributed by atoms with Crippen LogP contribution >= 0.6 is 0 Å². The molecular weight excluding hydrogens is 148 g/mol. The molecule has 0 N–H and O–H groups in total. The molecule has 1 aromatic rings. The molecule has 0 aliphatic rings. The minimum atomic E-state index is -0.0776. The van der Waals surface area contributed by atoms with E-state index < -0.39 is 0 Å². The standard InChI is InChI=1S/C11H13O/c1-9(2)11(8-12)10-6-4-3-5-7-10/h3-7,9,11H,1-2H3. The predicted octanol–water partition coefficient (Wildman–Crippen LogP) is 2.54. The van der Waals surface area contributed by atoms with Crippen LogP contribution in [0.5, 0.6) is 0 Å². The SMILES string of the molecule is CC(C)C([C]=O)c1ccccc1. The summed E-state index contributed by atoms with van der Waals surface area (Å²) in [6.07, 6.45) is 2.07. The Morgan fingerprint density at radius 2 is 1.75 bits per heavy atom. The monoisotopic (exact) mass is 161 g/mol. The summed E-state index contributed by atoms with van der Waals surface area (Å²) in [5, 5.41) is 0. The van der Waals surface area contributed by atoms with Gasteiger partial charge < -0.3 is 0 Å². The topological polar surface area (TPSA) is 17.1 Å². The zero-order chi connectivity index (χ0) is 8.97. The third-order valence-corrected chi connectivity index (χ3v) is 1.95. The molecule has 1 radical (unpaired) electrons. The highest BCUT2D eigenvalue weighted by Gasteiger charge is 2.14. The molecule has 0 fully saturated rings. The molecular formula is C11H13O. The number of hydrogen-bond acceptors (Lipinski definition) is 1. The summed E-state index contributed by atoms with van der Waals surface area (Å²) in [6.45, 7) is 4.06. The highest BCUT2D eigenvalue weighted by Crippen LogP contribution is 2.21. The molecule has 0 aliphatic heterocycles. The number of rotatable bonds is 3. The highest BCUT2D eigenvalue weighted by atomic mass is 16.1. The Kier molecular flexibility index (Phi) is 3.03. The minimum Gasteiger partial charge on any atom is -0.290 e. The first-order chi connectivity index (χ1) is 5.75. The molecule has 1 unspecified atom stereocenters. The molecule has 0 spiro atoms. The van der Waals surface area contributed by atoms with E-state index in [1.54, 1.807) is 0 Å². The Balaban J connectivity index is 2.88. The van der Waals surface area contributed by atoms with Crippen molar-refractivity contribution in [3.05, 3.63) is 35.9 Å². The molecule has 0 saturated heterocycles. The summed E-state index contributed by atoms with van der Waals surface area (Å²) >= 11 is 0. The molecule has 1 rings (SSSR count). The summed E-state index contributed by atoms with van der Waals surface area (Å²) in [5.74, 6) is 0.246. The Morgan fingerprint density at radius 3 is 2.17 bits per heavy atom. The Morgan fingerprint density at radius 1 is 1.17 bits per heavy atom. The van der Waals surface area contributed by atoms with Crippen molar-refractivity contribution in [1.82, 2.24) is 0 Å². The van der Waals surface area contributed by atoms with Gasteiger partial charge in [0.25, 0.3) is 0 Å². The summed E-state index contributed by atoms with van der Waals surface area (Å²) in [7, 11) is 0. The fourth-order valence-electron chi connectivity index (χ4n) is 1.25. The normalized spacial score (nSPS) is 12.9. The van der Waals surface area contributed by atoms with Crippen molar-refractivity contribution in [2.75, 3.05) is 0 Å². The first-order valence-corrected chi connectivity index (χ1v) is 4.18. The molecule has 0 heterocycles. The second kappa shape index (κ2) is 4.05. The van der Waals surface area contributed by atoms with Crippen LogP contribution in [0.2, 0.25) is 0 Å². The van der Waals surface area contributed by atoms with E-state index in [1.807, 2.05) is 44.2 Å². The summed E-state index contributed by atoms with van der Waals surface area (Å²) < 4.78 is 0. The molecule has 63 valence electrons. The van der Waals surface area contributed by atoms with Crippen LogP contribution in [0, 0.1) is 5.92 Å². The summed E-state index contributed by atoms with van der Waals surface area (Å²) in [4.78, 5) is 10.6. The van der Waals surface area contributed by atoms with Crippen LogP contribution in [0.4, 0.5) is 0 Å². The molecule has 12 heavy (non-hydrogen) atoms. The number of benzene rings is 1. The molecule has 1 aromatic carbocycles. The predicted molar refractivity (Wildman–Crippen MR) is 49.7 cm³/mol. The molecule has 1 heteroatoms. The molecule has 0 aromatic heterocycles. The first kappa shape index (κ1) is 8.98. The lowest BCUT2D eigenvalue weighted by atomic mass is 9.90. The maximum Gasteiger partial charge on any atom is 0.206 e.